The smallest absolute Gasteiger partial charge is 0.362 e. The van der Waals surface area contributed by atoms with Gasteiger partial charge in [0, 0.05) is 5.88 Å². The third kappa shape index (κ3) is 5.34. The van der Waals surface area contributed by atoms with E-state index < -0.39 is 10.4 Å². The molecule has 1 N–H and O–H groups in total. The van der Waals surface area contributed by atoms with Crippen molar-refractivity contribution in [1.29, 1.82) is 0 Å². The van der Waals surface area contributed by atoms with E-state index in [4.69, 9.17) is 16.2 Å². The monoisotopic (exact) mass is 264 g/mol. The van der Waals surface area contributed by atoms with Crippen LogP contribution in [0.4, 0.5) is 0 Å². The van der Waals surface area contributed by atoms with Gasteiger partial charge in [-0.1, -0.05) is 12.1 Å². The van der Waals surface area contributed by atoms with Crippen LogP contribution in [0.3, 0.4) is 0 Å². The fourth-order valence-corrected chi connectivity index (χ4v) is 1.80. The van der Waals surface area contributed by atoms with E-state index in [2.05, 4.69) is 4.18 Å². The number of rotatable bonds is 6. The zero-order valence-corrected chi connectivity index (χ0v) is 10.2. The normalized spacial score (nSPS) is 11.4. The lowest BCUT2D eigenvalue weighted by atomic mass is 10.1. The minimum Gasteiger partial charge on any atom is -0.362 e. The van der Waals surface area contributed by atoms with Crippen molar-refractivity contribution in [2.75, 3.05) is 5.88 Å². The molecule has 0 saturated carbocycles. The largest absolute Gasteiger partial charge is 0.446 e. The van der Waals surface area contributed by atoms with Gasteiger partial charge >= 0.3 is 10.4 Å². The third-order valence-corrected chi connectivity index (χ3v) is 2.64. The van der Waals surface area contributed by atoms with Crippen LogP contribution in [0.1, 0.15) is 18.4 Å². The van der Waals surface area contributed by atoms with Crippen molar-refractivity contribution in [3.63, 3.8) is 0 Å². The summed E-state index contributed by atoms with van der Waals surface area (Å²) in [4.78, 5) is 0. The Morgan fingerprint density at radius 2 is 1.81 bits per heavy atom. The molecular formula is C10H13ClO4S. The maximum Gasteiger partial charge on any atom is 0.446 e. The van der Waals surface area contributed by atoms with Gasteiger partial charge in [-0.2, -0.15) is 8.42 Å². The summed E-state index contributed by atoms with van der Waals surface area (Å²) >= 11 is 5.55. The first kappa shape index (κ1) is 13.3. The van der Waals surface area contributed by atoms with Crippen LogP contribution in [0, 0.1) is 0 Å². The molecule has 1 rings (SSSR count). The van der Waals surface area contributed by atoms with Crippen LogP contribution in [0.15, 0.2) is 24.3 Å². The molecule has 90 valence electrons. The second kappa shape index (κ2) is 6.08. The molecule has 0 spiro atoms. The van der Waals surface area contributed by atoms with Gasteiger partial charge in [-0.15, -0.1) is 11.6 Å². The van der Waals surface area contributed by atoms with Crippen LogP contribution in [0.2, 0.25) is 0 Å². The van der Waals surface area contributed by atoms with Crippen LogP contribution in [0.25, 0.3) is 0 Å². The molecule has 0 atom stereocenters. The summed E-state index contributed by atoms with van der Waals surface area (Å²) in [5.41, 5.74) is 1.08. The van der Waals surface area contributed by atoms with E-state index in [0.29, 0.717) is 5.88 Å². The summed E-state index contributed by atoms with van der Waals surface area (Å²) in [5, 5.41) is 0. The topological polar surface area (TPSA) is 63.6 Å². The SMILES string of the molecule is O=S(=O)(O)Oc1ccc(CCCCCl)cc1. The van der Waals surface area contributed by atoms with Crippen LogP contribution in [0.5, 0.6) is 5.75 Å². The molecule has 0 aliphatic heterocycles. The van der Waals surface area contributed by atoms with Gasteiger partial charge in [0.05, 0.1) is 0 Å². The van der Waals surface area contributed by atoms with Gasteiger partial charge in [0.15, 0.2) is 0 Å². The van der Waals surface area contributed by atoms with Crippen LogP contribution >= 0.6 is 11.6 Å². The number of halogens is 1. The van der Waals surface area contributed by atoms with E-state index in [0.717, 1.165) is 24.8 Å². The first-order chi connectivity index (χ1) is 7.51. The minimum atomic E-state index is -4.43. The zero-order valence-electron chi connectivity index (χ0n) is 8.60. The molecule has 1 aromatic carbocycles. The van der Waals surface area contributed by atoms with Crippen molar-refractivity contribution >= 4 is 22.0 Å². The molecule has 0 bridgehead atoms. The Hall–Kier alpha value is -0.780. The number of hydrogen-bond donors (Lipinski definition) is 1. The minimum absolute atomic E-state index is 0.101. The van der Waals surface area contributed by atoms with Gasteiger partial charge in [-0.25, -0.2) is 0 Å². The molecule has 1 aromatic rings. The quantitative estimate of drug-likeness (QED) is 0.487. The van der Waals surface area contributed by atoms with Crippen molar-refractivity contribution < 1.29 is 17.2 Å². The van der Waals surface area contributed by atoms with Crippen molar-refractivity contribution in [2.45, 2.75) is 19.3 Å². The maximum absolute atomic E-state index is 10.4. The van der Waals surface area contributed by atoms with E-state index in [1.807, 2.05) is 0 Å². The van der Waals surface area contributed by atoms with E-state index >= 15 is 0 Å². The van der Waals surface area contributed by atoms with Crippen molar-refractivity contribution in [3.05, 3.63) is 29.8 Å². The molecule has 0 fully saturated rings. The molecule has 0 amide bonds. The van der Waals surface area contributed by atoms with Gasteiger partial charge in [0.2, 0.25) is 0 Å². The predicted molar refractivity (Wildman–Crippen MR) is 62.3 cm³/mol. The summed E-state index contributed by atoms with van der Waals surface area (Å²) in [6, 6.07) is 6.52. The summed E-state index contributed by atoms with van der Waals surface area (Å²) in [5.74, 6) is 0.743. The van der Waals surface area contributed by atoms with Gasteiger partial charge in [-0.05, 0) is 37.0 Å². The molecule has 16 heavy (non-hydrogen) atoms. The highest BCUT2D eigenvalue weighted by atomic mass is 35.5. The Bertz CT molecular complexity index is 413. The summed E-state index contributed by atoms with van der Waals surface area (Å²) in [7, 11) is -4.43. The average Bonchev–Trinajstić information content (AvgIpc) is 2.19. The predicted octanol–water partition coefficient (Wildman–Crippen LogP) is 2.43. The van der Waals surface area contributed by atoms with E-state index in [-0.39, 0.29) is 5.75 Å². The van der Waals surface area contributed by atoms with Gasteiger partial charge in [0.25, 0.3) is 0 Å². The van der Waals surface area contributed by atoms with Crippen molar-refractivity contribution in [2.24, 2.45) is 0 Å². The highest BCUT2D eigenvalue weighted by molar-refractivity contribution is 7.81. The molecule has 0 aliphatic rings. The summed E-state index contributed by atoms with van der Waals surface area (Å²) in [6.07, 6.45) is 2.83. The molecular weight excluding hydrogens is 252 g/mol. The highest BCUT2D eigenvalue weighted by Crippen LogP contribution is 2.15. The second-order valence-electron chi connectivity index (χ2n) is 3.30. The number of hydrogen-bond acceptors (Lipinski definition) is 3. The molecule has 0 aromatic heterocycles. The lowest BCUT2D eigenvalue weighted by Crippen LogP contribution is -2.06. The molecule has 0 saturated heterocycles. The number of unbranched alkanes of at least 4 members (excludes halogenated alkanes) is 1. The first-order valence-electron chi connectivity index (χ1n) is 4.83. The van der Waals surface area contributed by atoms with Crippen molar-refractivity contribution in [1.82, 2.24) is 0 Å². The maximum atomic E-state index is 10.4. The van der Waals surface area contributed by atoms with Crippen LogP contribution in [-0.2, 0) is 16.8 Å². The van der Waals surface area contributed by atoms with Gasteiger partial charge < -0.3 is 4.18 Å². The Morgan fingerprint density at radius 3 is 2.31 bits per heavy atom. The third-order valence-electron chi connectivity index (χ3n) is 1.97. The lowest BCUT2D eigenvalue weighted by Gasteiger charge is -2.03. The Kier molecular flexibility index (Phi) is 5.05. The van der Waals surface area contributed by atoms with Crippen LogP contribution < -0.4 is 4.18 Å². The van der Waals surface area contributed by atoms with Gasteiger partial charge in [-0.3, -0.25) is 4.55 Å². The average molecular weight is 265 g/mol. The summed E-state index contributed by atoms with van der Waals surface area (Å²) in [6.45, 7) is 0. The standard InChI is InChI=1S/C10H13ClO4S/c11-8-2-1-3-9-4-6-10(7-5-9)15-16(12,13)14/h4-7H,1-3,8H2,(H,12,13,14). The van der Waals surface area contributed by atoms with Crippen molar-refractivity contribution in [3.8, 4) is 5.75 Å². The van der Waals surface area contributed by atoms with E-state index in [1.54, 1.807) is 12.1 Å². The number of benzene rings is 1. The molecule has 6 heteroatoms. The van der Waals surface area contributed by atoms with E-state index in [9.17, 15) is 8.42 Å². The highest BCUT2D eigenvalue weighted by Gasteiger charge is 2.05. The Morgan fingerprint density at radius 1 is 1.19 bits per heavy atom. The Labute approximate surface area is 100 Å². The molecule has 0 aliphatic carbocycles. The lowest BCUT2D eigenvalue weighted by molar-refractivity contribution is 0.387. The van der Waals surface area contributed by atoms with Gasteiger partial charge in [0.1, 0.15) is 5.75 Å². The molecule has 4 nitrogen and oxygen atoms in total. The molecule has 0 unspecified atom stereocenters. The first-order valence-corrected chi connectivity index (χ1v) is 6.73. The number of alkyl halides is 1. The van der Waals surface area contributed by atoms with Crippen LogP contribution in [-0.4, -0.2) is 18.9 Å². The van der Waals surface area contributed by atoms with E-state index in [1.165, 1.54) is 12.1 Å². The fraction of sp³-hybridized carbons (Fsp3) is 0.400. The summed E-state index contributed by atoms with van der Waals surface area (Å²) < 4.78 is 33.6. The Balaban J connectivity index is 2.54. The fourth-order valence-electron chi connectivity index (χ4n) is 1.26. The number of aryl methyl sites for hydroxylation is 1. The molecule has 0 radical (unpaired) electrons. The second-order valence-corrected chi connectivity index (χ2v) is 4.70. The zero-order chi connectivity index (χ0) is 12.0. The molecule has 0 heterocycles.